The van der Waals surface area contributed by atoms with Gasteiger partial charge in [-0.25, -0.2) is 4.98 Å². The average molecular weight is 341 g/mol. The third-order valence-corrected chi connectivity index (χ3v) is 5.09. The van der Waals surface area contributed by atoms with Gasteiger partial charge >= 0.3 is 0 Å². The number of hydrogen-bond acceptors (Lipinski definition) is 4. The largest absolute Gasteiger partial charge is 0.486 e. The highest BCUT2D eigenvalue weighted by atomic mass is 16.6. The maximum Gasteiger partial charge on any atom is 0.229 e. The van der Waals surface area contributed by atoms with Gasteiger partial charge in [-0.15, -0.1) is 0 Å². The molecule has 1 aromatic carbocycles. The highest BCUT2D eigenvalue weighted by Crippen LogP contribution is 2.34. The van der Waals surface area contributed by atoms with E-state index in [0.29, 0.717) is 19.3 Å². The minimum Gasteiger partial charge on any atom is -0.486 e. The third-order valence-electron chi connectivity index (χ3n) is 5.09. The smallest absolute Gasteiger partial charge is 0.229 e. The normalized spacial score (nSPS) is 21.0. The number of hydrogen-bond donors (Lipinski definition) is 0. The number of likely N-dealkylation sites (tertiary alicyclic amines) is 1. The Morgan fingerprint density at radius 1 is 1.28 bits per heavy atom. The van der Waals surface area contributed by atoms with Gasteiger partial charge in [-0.2, -0.15) is 0 Å². The third kappa shape index (κ3) is 3.21. The molecule has 6 heteroatoms. The van der Waals surface area contributed by atoms with Crippen molar-refractivity contribution >= 4 is 5.91 Å². The van der Waals surface area contributed by atoms with Crippen LogP contribution in [0.2, 0.25) is 0 Å². The zero-order valence-electron chi connectivity index (χ0n) is 14.4. The second-order valence-corrected chi connectivity index (χ2v) is 6.71. The zero-order chi connectivity index (χ0) is 17.2. The number of imidazole rings is 1. The molecule has 2 aliphatic rings. The van der Waals surface area contributed by atoms with Gasteiger partial charge in [-0.1, -0.05) is 6.07 Å². The highest BCUT2D eigenvalue weighted by molar-refractivity contribution is 5.83. The van der Waals surface area contributed by atoms with Gasteiger partial charge in [-0.05, 0) is 37.5 Å². The molecule has 1 aromatic heterocycles. The molecule has 132 valence electrons. The molecule has 1 saturated heterocycles. The van der Waals surface area contributed by atoms with Gasteiger partial charge in [0, 0.05) is 25.5 Å². The van der Waals surface area contributed by atoms with Crippen molar-refractivity contribution in [2.24, 2.45) is 0 Å². The summed E-state index contributed by atoms with van der Waals surface area (Å²) in [7, 11) is 0. The van der Waals surface area contributed by atoms with Crippen molar-refractivity contribution in [1.29, 1.82) is 0 Å². The summed E-state index contributed by atoms with van der Waals surface area (Å²) in [5.74, 6) is 1.46. The van der Waals surface area contributed by atoms with Gasteiger partial charge in [0.05, 0.1) is 18.3 Å². The second kappa shape index (κ2) is 6.78. The van der Waals surface area contributed by atoms with Gasteiger partial charge in [0.25, 0.3) is 0 Å². The maximum atomic E-state index is 13.0. The lowest BCUT2D eigenvalue weighted by Gasteiger charge is -2.35. The molecule has 4 rings (SSSR count). The van der Waals surface area contributed by atoms with Crippen LogP contribution in [-0.4, -0.2) is 46.7 Å². The molecule has 0 unspecified atom stereocenters. The van der Waals surface area contributed by atoms with E-state index in [4.69, 9.17) is 9.47 Å². The number of rotatable bonds is 3. The van der Waals surface area contributed by atoms with Crippen LogP contribution >= 0.6 is 0 Å². The van der Waals surface area contributed by atoms with E-state index in [0.717, 1.165) is 43.0 Å². The minimum atomic E-state index is -0.197. The van der Waals surface area contributed by atoms with Crippen LogP contribution < -0.4 is 9.47 Å². The number of aromatic nitrogens is 2. The van der Waals surface area contributed by atoms with Gasteiger partial charge in [0.1, 0.15) is 13.2 Å². The second-order valence-electron chi connectivity index (χ2n) is 6.71. The van der Waals surface area contributed by atoms with Crippen LogP contribution in [-0.2, 0) is 4.79 Å². The Morgan fingerprint density at radius 2 is 2.12 bits per heavy atom. The quantitative estimate of drug-likeness (QED) is 0.861. The lowest BCUT2D eigenvalue weighted by molar-refractivity contribution is -0.134. The molecule has 2 atom stereocenters. The number of benzene rings is 1. The molecule has 0 N–H and O–H groups in total. The predicted molar refractivity (Wildman–Crippen MR) is 92.9 cm³/mol. The zero-order valence-corrected chi connectivity index (χ0v) is 14.4. The molecule has 0 aliphatic carbocycles. The molecule has 1 fully saturated rings. The lowest BCUT2D eigenvalue weighted by Crippen LogP contribution is -2.42. The SMILES string of the molecule is C[C@H](C(=O)N1CCC[C@H](n2ccnc2)C1)c1ccc2c(c1)OCCO2. The van der Waals surface area contributed by atoms with E-state index in [9.17, 15) is 4.79 Å². The van der Waals surface area contributed by atoms with Crippen molar-refractivity contribution in [3.8, 4) is 11.5 Å². The molecule has 3 heterocycles. The molecule has 0 radical (unpaired) electrons. The molecule has 2 aromatic rings. The standard InChI is InChI=1S/C19H23N3O3/c1-14(15-4-5-17-18(11-15)25-10-9-24-17)19(23)21-7-2-3-16(12-21)22-8-6-20-13-22/h4-6,8,11,13-14,16H,2-3,7,9-10,12H2,1H3/t14-,16-/m0/s1. The van der Waals surface area contributed by atoms with E-state index in [1.165, 1.54) is 0 Å². The lowest BCUT2D eigenvalue weighted by atomic mass is 9.97. The molecule has 25 heavy (non-hydrogen) atoms. The van der Waals surface area contributed by atoms with Crippen LogP contribution in [0.1, 0.15) is 37.3 Å². The number of ether oxygens (including phenoxy) is 2. The first-order valence-corrected chi connectivity index (χ1v) is 8.88. The first-order chi connectivity index (χ1) is 12.2. The Kier molecular flexibility index (Phi) is 4.34. The van der Waals surface area contributed by atoms with Gasteiger partial charge in [0.15, 0.2) is 11.5 Å². The summed E-state index contributed by atoms with van der Waals surface area (Å²) in [5.41, 5.74) is 0.971. The molecular formula is C19H23N3O3. The van der Waals surface area contributed by atoms with E-state index in [2.05, 4.69) is 9.55 Å². The Labute approximate surface area is 147 Å². The van der Waals surface area contributed by atoms with E-state index >= 15 is 0 Å². The van der Waals surface area contributed by atoms with Crippen molar-refractivity contribution < 1.29 is 14.3 Å². The van der Waals surface area contributed by atoms with Crippen LogP contribution in [0.4, 0.5) is 0 Å². The van der Waals surface area contributed by atoms with Gasteiger partial charge < -0.3 is 18.9 Å². The molecule has 0 spiro atoms. The van der Waals surface area contributed by atoms with Crippen molar-refractivity contribution in [3.63, 3.8) is 0 Å². The summed E-state index contributed by atoms with van der Waals surface area (Å²) in [4.78, 5) is 19.1. The van der Waals surface area contributed by atoms with E-state index < -0.39 is 0 Å². The summed E-state index contributed by atoms with van der Waals surface area (Å²) < 4.78 is 13.3. The monoisotopic (exact) mass is 341 g/mol. The topological polar surface area (TPSA) is 56.6 Å². The summed E-state index contributed by atoms with van der Waals surface area (Å²) in [6.45, 7) is 4.65. The Morgan fingerprint density at radius 3 is 2.92 bits per heavy atom. The summed E-state index contributed by atoms with van der Waals surface area (Å²) in [6.07, 6.45) is 7.70. The number of fused-ring (bicyclic) bond motifs is 1. The molecule has 0 saturated carbocycles. The fraction of sp³-hybridized carbons (Fsp3) is 0.474. The summed E-state index contributed by atoms with van der Waals surface area (Å²) in [6, 6.07) is 6.12. The predicted octanol–water partition coefficient (Wildman–Crippen LogP) is 2.62. The van der Waals surface area contributed by atoms with Crippen molar-refractivity contribution in [2.45, 2.75) is 31.7 Å². The first kappa shape index (κ1) is 16.0. The Balaban J connectivity index is 1.48. The van der Waals surface area contributed by atoms with Crippen LogP contribution in [0.5, 0.6) is 11.5 Å². The number of amides is 1. The Hall–Kier alpha value is -2.50. The van der Waals surface area contributed by atoms with Crippen LogP contribution in [0.25, 0.3) is 0 Å². The van der Waals surface area contributed by atoms with E-state index in [-0.39, 0.29) is 11.8 Å². The number of carbonyl (C=O) groups excluding carboxylic acids is 1. The average Bonchev–Trinajstić information content (AvgIpc) is 3.21. The first-order valence-electron chi connectivity index (χ1n) is 8.88. The molecule has 2 aliphatic heterocycles. The molecular weight excluding hydrogens is 318 g/mol. The van der Waals surface area contributed by atoms with Crippen LogP contribution in [0.15, 0.2) is 36.9 Å². The minimum absolute atomic E-state index is 0.168. The van der Waals surface area contributed by atoms with Crippen molar-refractivity contribution in [3.05, 3.63) is 42.5 Å². The van der Waals surface area contributed by atoms with Gasteiger partial charge in [-0.3, -0.25) is 4.79 Å². The van der Waals surface area contributed by atoms with Crippen molar-refractivity contribution in [2.75, 3.05) is 26.3 Å². The molecule has 1 amide bonds. The van der Waals surface area contributed by atoms with Crippen LogP contribution in [0.3, 0.4) is 0 Å². The summed E-state index contributed by atoms with van der Waals surface area (Å²) in [5, 5.41) is 0. The summed E-state index contributed by atoms with van der Waals surface area (Å²) >= 11 is 0. The van der Waals surface area contributed by atoms with Crippen molar-refractivity contribution in [1.82, 2.24) is 14.5 Å². The highest BCUT2D eigenvalue weighted by Gasteiger charge is 2.28. The molecule has 6 nitrogen and oxygen atoms in total. The maximum absolute atomic E-state index is 13.0. The van der Waals surface area contributed by atoms with E-state index in [1.54, 1.807) is 6.20 Å². The van der Waals surface area contributed by atoms with Gasteiger partial charge in [0.2, 0.25) is 5.91 Å². The van der Waals surface area contributed by atoms with Crippen LogP contribution in [0, 0.1) is 0 Å². The fourth-order valence-electron chi connectivity index (χ4n) is 3.63. The number of carbonyl (C=O) groups is 1. The van der Waals surface area contributed by atoms with E-state index in [1.807, 2.05) is 42.5 Å². The number of piperidine rings is 1. The fourth-order valence-corrected chi connectivity index (χ4v) is 3.63. The Bertz CT molecular complexity index is 744. The number of nitrogens with zero attached hydrogens (tertiary/aromatic N) is 3. The molecule has 0 bridgehead atoms.